The van der Waals surface area contributed by atoms with Crippen LogP contribution >= 0.6 is 15.9 Å². The van der Waals surface area contributed by atoms with Crippen LogP contribution in [-0.4, -0.2) is 28.5 Å². The Balaban J connectivity index is 1.41. The normalized spacial score (nSPS) is 17.2. The van der Waals surface area contributed by atoms with Crippen molar-refractivity contribution in [2.24, 2.45) is 5.92 Å². The SMILES string of the molecule is CC(CCN1Cc2ccccc2C1C(=O)C=O)Cc1ccc2cc(Br)ccc2n1. The van der Waals surface area contributed by atoms with Gasteiger partial charge in [0.15, 0.2) is 6.29 Å². The molecular formula is C24H23BrN2O2. The molecular weight excluding hydrogens is 428 g/mol. The van der Waals surface area contributed by atoms with E-state index in [-0.39, 0.29) is 5.78 Å². The molecule has 3 aromatic rings. The second-order valence-electron chi connectivity index (χ2n) is 7.83. The van der Waals surface area contributed by atoms with Crippen LogP contribution < -0.4 is 0 Å². The van der Waals surface area contributed by atoms with Crippen LogP contribution in [0.25, 0.3) is 10.9 Å². The summed E-state index contributed by atoms with van der Waals surface area (Å²) in [6.07, 6.45) is 2.29. The van der Waals surface area contributed by atoms with E-state index in [1.165, 1.54) is 0 Å². The Morgan fingerprint density at radius 3 is 2.90 bits per heavy atom. The number of rotatable bonds is 7. The quantitative estimate of drug-likeness (QED) is 0.379. The fourth-order valence-corrected chi connectivity index (χ4v) is 4.53. The monoisotopic (exact) mass is 450 g/mol. The first-order chi connectivity index (χ1) is 14.0. The average molecular weight is 451 g/mol. The zero-order valence-corrected chi connectivity index (χ0v) is 17.9. The van der Waals surface area contributed by atoms with Gasteiger partial charge in [-0.1, -0.05) is 53.2 Å². The largest absolute Gasteiger partial charge is 0.295 e. The van der Waals surface area contributed by atoms with Gasteiger partial charge in [0, 0.05) is 22.1 Å². The topological polar surface area (TPSA) is 50.3 Å². The molecule has 0 radical (unpaired) electrons. The van der Waals surface area contributed by atoms with Gasteiger partial charge in [0.1, 0.15) is 6.04 Å². The van der Waals surface area contributed by atoms with Gasteiger partial charge in [-0.05, 0) is 60.7 Å². The number of aromatic nitrogens is 1. The number of ketones is 1. The summed E-state index contributed by atoms with van der Waals surface area (Å²) in [5.74, 6) is 0.0658. The fraction of sp³-hybridized carbons (Fsp3) is 0.292. The van der Waals surface area contributed by atoms with Crippen LogP contribution in [0.4, 0.5) is 0 Å². The van der Waals surface area contributed by atoms with E-state index >= 15 is 0 Å². The summed E-state index contributed by atoms with van der Waals surface area (Å²) < 4.78 is 1.05. The molecule has 0 amide bonds. The molecule has 0 aliphatic carbocycles. The molecule has 1 aliphatic rings. The molecule has 0 spiro atoms. The zero-order chi connectivity index (χ0) is 20.4. The summed E-state index contributed by atoms with van der Waals surface area (Å²) in [4.78, 5) is 30.3. The van der Waals surface area contributed by atoms with Gasteiger partial charge in [-0.3, -0.25) is 19.5 Å². The molecule has 0 N–H and O–H groups in total. The van der Waals surface area contributed by atoms with Gasteiger partial charge in [0.2, 0.25) is 5.78 Å². The number of hydrogen-bond donors (Lipinski definition) is 0. The number of carbonyl (C=O) groups excluding carboxylic acids is 2. The first-order valence-corrected chi connectivity index (χ1v) is 10.7. The maximum Gasteiger partial charge on any atom is 0.216 e. The minimum atomic E-state index is -0.437. The van der Waals surface area contributed by atoms with E-state index in [2.05, 4.69) is 46.0 Å². The van der Waals surface area contributed by atoms with Crippen molar-refractivity contribution in [3.05, 3.63) is 75.9 Å². The van der Waals surface area contributed by atoms with Gasteiger partial charge in [0.05, 0.1) is 5.52 Å². The number of hydrogen-bond acceptors (Lipinski definition) is 4. The van der Waals surface area contributed by atoms with Crippen LogP contribution in [0, 0.1) is 5.92 Å². The van der Waals surface area contributed by atoms with Crippen molar-refractivity contribution in [2.45, 2.75) is 32.4 Å². The van der Waals surface area contributed by atoms with Crippen molar-refractivity contribution < 1.29 is 9.59 Å². The second kappa shape index (κ2) is 8.56. The van der Waals surface area contributed by atoms with E-state index in [0.717, 1.165) is 58.1 Å². The maximum atomic E-state index is 12.2. The molecule has 2 unspecified atom stereocenters. The minimum absolute atomic E-state index is 0.357. The molecule has 148 valence electrons. The van der Waals surface area contributed by atoms with Crippen molar-refractivity contribution in [1.29, 1.82) is 0 Å². The number of carbonyl (C=O) groups is 2. The molecule has 4 nitrogen and oxygen atoms in total. The minimum Gasteiger partial charge on any atom is -0.295 e. The van der Waals surface area contributed by atoms with Gasteiger partial charge in [-0.15, -0.1) is 0 Å². The number of pyridine rings is 1. The van der Waals surface area contributed by atoms with Gasteiger partial charge < -0.3 is 0 Å². The first kappa shape index (κ1) is 19.9. The van der Waals surface area contributed by atoms with Crippen molar-refractivity contribution >= 4 is 38.9 Å². The second-order valence-corrected chi connectivity index (χ2v) is 8.75. The Kier molecular flexibility index (Phi) is 5.88. The van der Waals surface area contributed by atoms with Gasteiger partial charge in [-0.2, -0.15) is 0 Å². The molecule has 0 fully saturated rings. The summed E-state index contributed by atoms with van der Waals surface area (Å²) in [5.41, 5.74) is 4.20. The molecule has 2 heterocycles. The number of benzene rings is 2. The predicted molar refractivity (Wildman–Crippen MR) is 118 cm³/mol. The van der Waals surface area contributed by atoms with Crippen molar-refractivity contribution in [3.8, 4) is 0 Å². The highest BCUT2D eigenvalue weighted by molar-refractivity contribution is 9.10. The molecule has 1 aromatic heterocycles. The molecule has 0 bridgehead atoms. The molecule has 29 heavy (non-hydrogen) atoms. The summed E-state index contributed by atoms with van der Waals surface area (Å²) in [6.45, 7) is 3.71. The third-order valence-corrected chi connectivity index (χ3v) is 6.14. The molecule has 5 heteroatoms. The predicted octanol–water partition coefficient (Wildman–Crippen LogP) is 4.89. The van der Waals surface area contributed by atoms with E-state index in [1.54, 1.807) is 0 Å². The lowest BCUT2D eigenvalue weighted by atomic mass is 9.99. The zero-order valence-electron chi connectivity index (χ0n) is 16.3. The number of fused-ring (bicyclic) bond motifs is 2. The van der Waals surface area contributed by atoms with Crippen molar-refractivity contribution in [3.63, 3.8) is 0 Å². The van der Waals surface area contributed by atoms with E-state index < -0.39 is 6.04 Å². The Bertz CT molecular complexity index is 1070. The Labute approximate surface area is 179 Å². The summed E-state index contributed by atoms with van der Waals surface area (Å²) in [6, 6.07) is 17.8. The lowest BCUT2D eigenvalue weighted by Gasteiger charge is -2.24. The standard InChI is InChI=1S/C24H23BrN2O2/c1-16(12-20-8-6-17-13-19(25)7-9-22(17)26-20)10-11-27-14-18-4-2-3-5-21(18)24(27)23(29)15-28/h2-9,13,15-16,24H,10-12,14H2,1H3. The molecule has 0 saturated carbocycles. The van der Waals surface area contributed by atoms with E-state index in [9.17, 15) is 9.59 Å². The number of halogens is 1. The van der Waals surface area contributed by atoms with Crippen LogP contribution in [0.3, 0.4) is 0 Å². The van der Waals surface area contributed by atoms with Crippen LogP contribution in [0.5, 0.6) is 0 Å². The lowest BCUT2D eigenvalue weighted by molar-refractivity contribution is -0.133. The summed E-state index contributed by atoms with van der Waals surface area (Å²) in [7, 11) is 0. The van der Waals surface area contributed by atoms with Gasteiger partial charge in [-0.25, -0.2) is 0 Å². The van der Waals surface area contributed by atoms with E-state index in [1.807, 2.05) is 36.4 Å². The highest BCUT2D eigenvalue weighted by atomic mass is 79.9. The third-order valence-electron chi connectivity index (χ3n) is 5.65. The summed E-state index contributed by atoms with van der Waals surface area (Å²) in [5, 5.41) is 1.13. The van der Waals surface area contributed by atoms with Crippen LogP contribution in [-0.2, 0) is 22.6 Å². The maximum absolute atomic E-state index is 12.2. The molecule has 2 atom stereocenters. The fourth-order valence-electron chi connectivity index (χ4n) is 4.16. The molecule has 0 saturated heterocycles. The van der Waals surface area contributed by atoms with E-state index in [4.69, 9.17) is 4.98 Å². The highest BCUT2D eigenvalue weighted by Gasteiger charge is 2.34. The van der Waals surface area contributed by atoms with Crippen LogP contribution in [0.1, 0.15) is 36.2 Å². The average Bonchev–Trinajstić information content (AvgIpc) is 3.10. The van der Waals surface area contributed by atoms with Crippen molar-refractivity contribution in [2.75, 3.05) is 6.54 Å². The summed E-state index contributed by atoms with van der Waals surface area (Å²) >= 11 is 3.50. The van der Waals surface area contributed by atoms with E-state index in [0.29, 0.717) is 12.2 Å². The van der Waals surface area contributed by atoms with Gasteiger partial charge in [0.25, 0.3) is 0 Å². The Morgan fingerprint density at radius 1 is 1.24 bits per heavy atom. The third kappa shape index (κ3) is 4.31. The number of Topliss-reactive ketones (excluding diaryl/α,β-unsaturated/α-hetero) is 1. The smallest absolute Gasteiger partial charge is 0.216 e. The van der Waals surface area contributed by atoms with Crippen LogP contribution in [0.2, 0.25) is 0 Å². The molecule has 4 rings (SSSR count). The molecule has 2 aromatic carbocycles. The Morgan fingerprint density at radius 2 is 2.07 bits per heavy atom. The number of nitrogens with zero attached hydrogens (tertiary/aromatic N) is 2. The Hall–Kier alpha value is -2.37. The van der Waals surface area contributed by atoms with Crippen LogP contribution in [0.15, 0.2) is 59.1 Å². The highest BCUT2D eigenvalue weighted by Crippen LogP contribution is 2.34. The van der Waals surface area contributed by atoms with Gasteiger partial charge >= 0.3 is 0 Å². The van der Waals surface area contributed by atoms with Crippen molar-refractivity contribution in [1.82, 2.24) is 9.88 Å². The first-order valence-electron chi connectivity index (χ1n) is 9.91. The molecule has 1 aliphatic heterocycles. The lowest BCUT2D eigenvalue weighted by Crippen LogP contribution is -2.30. The number of aldehydes is 1.